The Balaban J connectivity index is 1.68. The Kier molecular flexibility index (Phi) is 5.89. The Morgan fingerprint density at radius 2 is 2.17 bits per heavy atom. The highest BCUT2D eigenvalue weighted by Gasteiger charge is 2.13. The number of halogens is 1. The van der Waals surface area contributed by atoms with E-state index in [4.69, 9.17) is 21.3 Å². The van der Waals surface area contributed by atoms with Gasteiger partial charge in [-0.3, -0.25) is 0 Å². The Hall–Kier alpha value is -1.14. The zero-order valence-electron chi connectivity index (χ0n) is 13.4. The molecule has 1 N–H and O–H groups in total. The first-order chi connectivity index (χ1) is 11.2. The second-order valence-corrected chi connectivity index (χ2v) is 7.14. The van der Waals surface area contributed by atoms with E-state index in [0.29, 0.717) is 0 Å². The number of hydrogen-bond acceptors (Lipinski definition) is 3. The molecule has 124 valence electrons. The summed E-state index contributed by atoms with van der Waals surface area (Å²) in [6, 6.07) is 7.70. The van der Waals surface area contributed by atoms with Crippen molar-refractivity contribution in [2.45, 2.75) is 19.9 Å². The van der Waals surface area contributed by atoms with Crippen LogP contribution in [0.15, 0.2) is 34.6 Å². The molecule has 1 aromatic heterocycles. The van der Waals surface area contributed by atoms with Crippen LogP contribution in [0.5, 0.6) is 0 Å². The van der Waals surface area contributed by atoms with Gasteiger partial charge in [-0.15, -0.1) is 11.3 Å². The van der Waals surface area contributed by atoms with Crippen molar-refractivity contribution in [2.24, 2.45) is 4.99 Å². The van der Waals surface area contributed by atoms with E-state index < -0.39 is 0 Å². The normalized spacial score (nSPS) is 16.9. The molecule has 0 saturated carbocycles. The maximum atomic E-state index is 6.05. The zero-order chi connectivity index (χ0) is 16.1. The van der Waals surface area contributed by atoms with Crippen molar-refractivity contribution >= 4 is 28.6 Å². The van der Waals surface area contributed by atoms with Crippen LogP contribution in [0.25, 0.3) is 0 Å². The van der Waals surface area contributed by atoms with E-state index in [1.54, 1.807) is 16.2 Å². The summed E-state index contributed by atoms with van der Waals surface area (Å²) < 4.78 is 7.73. The average molecular weight is 353 g/mol. The summed E-state index contributed by atoms with van der Waals surface area (Å²) in [7, 11) is 0. The first-order valence-electron chi connectivity index (χ1n) is 8.09. The van der Waals surface area contributed by atoms with Gasteiger partial charge in [0, 0.05) is 29.1 Å². The van der Waals surface area contributed by atoms with Crippen LogP contribution in [-0.2, 0) is 11.3 Å². The second-order valence-electron chi connectivity index (χ2n) is 5.87. The van der Waals surface area contributed by atoms with E-state index in [9.17, 15) is 0 Å². The van der Waals surface area contributed by atoms with E-state index in [2.05, 4.69) is 16.9 Å². The second kappa shape index (κ2) is 8.11. The van der Waals surface area contributed by atoms with Crippen LogP contribution < -0.4 is 9.70 Å². The van der Waals surface area contributed by atoms with Gasteiger partial charge in [-0.25, -0.2) is 4.99 Å². The molecule has 1 fully saturated rings. The van der Waals surface area contributed by atoms with Crippen molar-refractivity contribution in [3.63, 3.8) is 0 Å². The molecule has 23 heavy (non-hydrogen) atoms. The van der Waals surface area contributed by atoms with E-state index in [1.807, 2.05) is 24.3 Å². The number of morpholine rings is 1. The van der Waals surface area contributed by atoms with Crippen LogP contribution in [0, 0.1) is 6.92 Å². The molecule has 6 heteroatoms. The van der Waals surface area contributed by atoms with E-state index in [-0.39, 0.29) is 0 Å². The molecule has 0 spiro atoms. The van der Waals surface area contributed by atoms with Gasteiger partial charge in [0.15, 0.2) is 4.80 Å². The number of aromatic nitrogens is 1. The van der Waals surface area contributed by atoms with Gasteiger partial charge in [0.25, 0.3) is 0 Å². The van der Waals surface area contributed by atoms with Crippen LogP contribution >= 0.6 is 22.9 Å². The standard InChI is InChI=1S/C17H22ClN3OS/c1-14-13-23-17(19-16-5-2-4-15(18)12-16)21(14)7-3-6-20-8-10-22-11-9-20/h2,4-5,12-13H,3,6-11H2,1H3/p+1. The SMILES string of the molecule is Cc1csc(=Nc2cccc(Cl)c2)n1CCC[NH+]1CCOCC1. The molecule has 1 aliphatic rings. The minimum absolute atomic E-state index is 0.724. The molecule has 1 aromatic carbocycles. The Bertz CT molecular complexity index is 704. The minimum Gasteiger partial charge on any atom is -0.370 e. The molecule has 0 atom stereocenters. The first kappa shape index (κ1) is 16.7. The van der Waals surface area contributed by atoms with Gasteiger partial charge >= 0.3 is 0 Å². The van der Waals surface area contributed by atoms with Gasteiger partial charge < -0.3 is 14.2 Å². The molecule has 0 amide bonds. The average Bonchev–Trinajstić information content (AvgIpc) is 2.89. The van der Waals surface area contributed by atoms with Gasteiger partial charge in [0.05, 0.1) is 25.4 Å². The lowest BCUT2D eigenvalue weighted by Gasteiger charge is -2.23. The number of ether oxygens (including phenoxy) is 1. The summed E-state index contributed by atoms with van der Waals surface area (Å²) >= 11 is 7.74. The molecular formula is C17H23ClN3OS+. The highest BCUT2D eigenvalue weighted by molar-refractivity contribution is 7.07. The first-order valence-corrected chi connectivity index (χ1v) is 9.35. The fourth-order valence-corrected chi connectivity index (χ4v) is 3.94. The lowest BCUT2D eigenvalue weighted by molar-refractivity contribution is -0.908. The number of nitrogens with zero attached hydrogens (tertiary/aromatic N) is 2. The number of thiazole rings is 1. The monoisotopic (exact) mass is 352 g/mol. The maximum absolute atomic E-state index is 6.05. The van der Waals surface area contributed by atoms with Gasteiger partial charge in [-0.05, 0) is 25.1 Å². The van der Waals surface area contributed by atoms with E-state index >= 15 is 0 Å². The number of hydrogen-bond donors (Lipinski definition) is 1. The fraction of sp³-hybridized carbons (Fsp3) is 0.471. The maximum Gasteiger partial charge on any atom is 0.190 e. The van der Waals surface area contributed by atoms with Gasteiger partial charge in [-0.1, -0.05) is 17.7 Å². The van der Waals surface area contributed by atoms with E-state index in [1.165, 1.54) is 12.2 Å². The smallest absolute Gasteiger partial charge is 0.190 e. The van der Waals surface area contributed by atoms with Crippen molar-refractivity contribution in [3.8, 4) is 0 Å². The highest BCUT2D eigenvalue weighted by atomic mass is 35.5. The molecule has 2 heterocycles. The third-order valence-corrected chi connectivity index (χ3v) is 5.35. The van der Waals surface area contributed by atoms with Gasteiger partial charge in [0.2, 0.25) is 0 Å². The van der Waals surface area contributed by atoms with Crippen molar-refractivity contribution in [2.75, 3.05) is 32.8 Å². The summed E-state index contributed by atoms with van der Waals surface area (Å²) in [6.07, 6.45) is 1.16. The fourth-order valence-electron chi connectivity index (χ4n) is 2.83. The van der Waals surface area contributed by atoms with Gasteiger partial charge in [-0.2, -0.15) is 0 Å². The molecular weight excluding hydrogens is 330 g/mol. The van der Waals surface area contributed by atoms with Crippen LogP contribution in [-0.4, -0.2) is 37.4 Å². The third-order valence-electron chi connectivity index (χ3n) is 4.14. The van der Waals surface area contributed by atoms with Gasteiger partial charge in [0.1, 0.15) is 13.1 Å². The summed E-state index contributed by atoms with van der Waals surface area (Å²) in [6.45, 7) is 8.42. The van der Waals surface area contributed by atoms with Crippen molar-refractivity contribution < 1.29 is 9.64 Å². The molecule has 3 rings (SSSR count). The number of quaternary nitrogens is 1. The zero-order valence-corrected chi connectivity index (χ0v) is 15.0. The van der Waals surface area contributed by atoms with Crippen molar-refractivity contribution in [3.05, 3.63) is 45.2 Å². The Morgan fingerprint density at radius 1 is 1.35 bits per heavy atom. The lowest BCUT2D eigenvalue weighted by Crippen LogP contribution is -3.14. The topological polar surface area (TPSA) is 31.0 Å². The highest BCUT2D eigenvalue weighted by Crippen LogP contribution is 2.17. The summed E-state index contributed by atoms with van der Waals surface area (Å²) in [5, 5.41) is 2.90. The summed E-state index contributed by atoms with van der Waals surface area (Å²) in [5.41, 5.74) is 2.18. The molecule has 0 aliphatic carbocycles. The number of nitrogens with one attached hydrogen (secondary N) is 1. The number of aryl methyl sites for hydroxylation is 1. The predicted molar refractivity (Wildman–Crippen MR) is 94.7 cm³/mol. The molecule has 0 radical (unpaired) electrons. The van der Waals surface area contributed by atoms with Crippen LogP contribution in [0.3, 0.4) is 0 Å². The largest absolute Gasteiger partial charge is 0.370 e. The third kappa shape index (κ3) is 4.67. The molecule has 0 unspecified atom stereocenters. The van der Waals surface area contributed by atoms with Crippen LogP contribution in [0.4, 0.5) is 5.69 Å². The minimum atomic E-state index is 0.724. The molecule has 1 saturated heterocycles. The quantitative estimate of drug-likeness (QED) is 0.877. The number of rotatable bonds is 5. The molecule has 1 aliphatic heterocycles. The Labute approximate surface area is 146 Å². The molecule has 0 bridgehead atoms. The Morgan fingerprint density at radius 3 is 2.96 bits per heavy atom. The molecule has 2 aromatic rings. The molecule has 4 nitrogen and oxygen atoms in total. The van der Waals surface area contributed by atoms with E-state index in [0.717, 1.165) is 54.8 Å². The lowest BCUT2D eigenvalue weighted by atomic mass is 10.3. The summed E-state index contributed by atoms with van der Waals surface area (Å²) in [5.74, 6) is 0. The van der Waals surface area contributed by atoms with Crippen LogP contribution in [0.2, 0.25) is 5.02 Å². The summed E-state index contributed by atoms with van der Waals surface area (Å²) in [4.78, 5) is 7.45. The predicted octanol–water partition coefficient (Wildman–Crippen LogP) is 2.05. The van der Waals surface area contributed by atoms with Crippen molar-refractivity contribution in [1.29, 1.82) is 0 Å². The van der Waals surface area contributed by atoms with Crippen molar-refractivity contribution in [1.82, 2.24) is 4.57 Å². The van der Waals surface area contributed by atoms with Crippen LogP contribution in [0.1, 0.15) is 12.1 Å². The number of benzene rings is 1.